The summed E-state index contributed by atoms with van der Waals surface area (Å²) < 4.78 is 13.3. The number of likely N-dealkylation sites (tertiary alicyclic amines) is 1. The SMILES string of the molecule is Cc1ccc(F)cc1NC(=O)C(=O)N1CCC[C@H](NC(=O)C(C)C)C1. The van der Waals surface area contributed by atoms with Crippen molar-refractivity contribution in [1.29, 1.82) is 0 Å². The fraction of sp³-hybridized carbons (Fsp3) is 0.500. The Labute approximate surface area is 146 Å². The van der Waals surface area contributed by atoms with Crippen LogP contribution in [0.1, 0.15) is 32.3 Å². The summed E-state index contributed by atoms with van der Waals surface area (Å²) in [4.78, 5) is 37.8. The number of hydrogen-bond acceptors (Lipinski definition) is 3. The fourth-order valence-corrected chi connectivity index (χ4v) is 2.70. The number of rotatable bonds is 3. The molecule has 0 radical (unpaired) electrons. The number of nitrogens with zero attached hydrogens (tertiary/aromatic N) is 1. The standard InChI is InChI=1S/C18H24FN3O3/c1-11(2)16(23)20-14-5-4-8-22(10-14)18(25)17(24)21-15-9-13(19)7-6-12(15)3/h6-7,9,11,14H,4-5,8,10H2,1-3H3,(H,20,23)(H,21,24)/t14-/m0/s1. The monoisotopic (exact) mass is 349 g/mol. The third-order valence-corrected chi connectivity index (χ3v) is 4.22. The maximum Gasteiger partial charge on any atom is 0.313 e. The van der Waals surface area contributed by atoms with Crippen LogP contribution in [0.25, 0.3) is 0 Å². The van der Waals surface area contributed by atoms with E-state index in [4.69, 9.17) is 0 Å². The summed E-state index contributed by atoms with van der Waals surface area (Å²) in [6.45, 7) is 6.08. The number of halogens is 1. The molecule has 25 heavy (non-hydrogen) atoms. The van der Waals surface area contributed by atoms with Crippen LogP contribution in [0.5, 0.6) is 0 Å². The summed E-state index contributed by atoms with van der Waals surface area (Å²) >= 11 is 0. The number of benzene rings is 1. The lowest BCUT2D eigenvalue weighted by molar-refractivity contribution is -0.144. The first-order valence-electron chi connectivity index (χ1n) is 8.44. The van der Waals surface area contributed by atoms with Gasteiger partial charge in [0.05, 0.1) is 0 Å². The highest BCUT2D eigenvalue weighted by Gasteiger charge is 2.29. The summed E-state index contributed by atoms with van der Waals surface area (Å²) in [5, 5.41) is 5.36. The molecule has 0 aromatic heterocycles. The van der Waals surface area contributed by atoms with Crippen LogP contribution in [0, 0.1) is 18.7 Å². The maximum atomic E-state index is 13.3. The van der Waals surface area contributed by atoms with Gasteiger partial charge in [-0.05, 0) is 37.5 Å². The third kappa shape index (κ3) is 5.01. The van der Waals surface area contributed by atoms with Crippen molar-refractivity contribution in [2.45, 2.75) is 39.7 Å². The zero-order valence-corrected chi connectivity index (χ0v) is 14.8. The van der Waals surface area contributed by atoms with Gasteiger partial charge < -0.3 is 15.5 Å². The molecule has 1 aliphatic heterocycles. The molecule has 3 amide bonds. The highest BCUT2D eigenvalue weighted by atomic mass is 19.1. The minimum absolute atomic E-state index is 0.0702. The summed E-state index contributed by atoms with van der Waals surface area (Å²) in [6, 6.07) is 3.85. The van der Waals surface area contributed by atoms with Gasteiger partial charge in [-0.25, -0.2) is 4.39 Å². The van der Waals surface area contributed by atoms with E-state index in [0.717, 1.165) is 6.42 Å². The van der Waals surface area contributed by atoms with Crippen LogP contribution < -0.4 is 10.6 Å². The number of carbonyl (C=O) groups excluding carboxylic acids is 3. The van der Waals surface area contributed by atoms with Crippen molar-refractivity contribution in [3.05, 3.63) is 29.6 Å². The second-order valence-electron chi connectivity index (χ2n) is 6.67. The van der Waals surface area contributed by atoms with Crippen LogP contribution in [-0.4, -0.2) is 41.8 Å². The molecule has 1 fully saturated rings. The van der Waals surface area contributed by atoms with E-state index in [1.165, 1.54) is 23.1 Å². The van der Waals surface area contributed by atoms with Gasteiger partial charge in [-0.3, -0.25) is 14.4 Å². The largest absolute Gasteiger partial charge is 0.351 e. The quantitative estimate of drug-likeness (QED) is 0.817. The number of hydrogen-bond donors (Lipinski definition) is 2. The van der Waals surface area contributed by atoms with Gasteiger partial charge in [-0.1, -0.05) is 19.9 Å². The van der Waals surface area contributed by atoms with Crippen molar-refractivity contribution in [1.82, 2.24) is 10.2 Å². The lowest BCUT2D eigenvalue weighted by Gasteiger charge is -2.33. The molecule has 1 saturated heterocycles. The predicted molar refractivity (Wildman–Crippen MR) is 92.3 cm³/mol. The van der Waals surface area contributed by atoms with Gasteiger partial charge in [0.15, 0.2) is 0 Å². The van der Waals surface area contributed by atoms with E-state index in [2.05, 4.69) is 10.6 Å². The zero-order valence-electron chi connectivity index (χ0n) is 14.8. The molecular weight excluding hydrogens is 325 g/mol. The topological polar surface area (TPSA) is 78.5 Å². The smallest absolute Gasteiger partial charge is 0.313 e. The minimum atomic E-state index is -0.801. The molecule has 0 spiro atoms. The van der Waals surface area contributed by atoms with Gasteiger partial charge in [0.2, 0.25) is 5.91 Å². The maximum absolute atomic E-state index is 13.3. The lowest BCUT2D eigenvalue weighted by atomic mass is 10.0. The van der Waals surface area contributed by atoms with E-state index in [0.29, 0.717) is 25.1 Å². The molecule has 1 aromatic carbocycles. The summed E-state index contributed by atoms with van der Waals surface area (Å²) in [7, 11) is 0. The Morgan fingerprint density at radius 1 is 1.28 bits per heavy atom. The van der Waals surface area contributed by atoms with Gasteiger partial charge >= 0.3 is 11.8 Å². The Bertz CT molecular complexity index is 676. The van der Waals surface area contributed by atoms with Crippen LogP contribution in [0.15, 0.2) is 18.2 Å². The van der Waals surface area contributed by atoms with Crippen molar-refractivity contribution >= 4 is 23.4 Å². The van der Waals surface area contributed by atoms with E-state index < -0.39 is 17.6 Å². The first kappa shape index (κ1) is 18.9. The Balaban J connectivity index is 1.98. The van der Waals surface area contributed by atoms with E-state index in [9.17, 15) is 18.8 Å². The van der Waals surface area contributed by atoms with E-state index in [1.807, 2.05) is 0 Å². The normalized spacial score (nSPS) is 17.3. The average molecular weight is 349 g/mol. The summed E-state index contributed by atoms with van der Waals surface area (Å²) in [5.41, 5.74) is 0.947. The second kappa shape index (κ2) is 8.09. The molecule has 2 rings (SSSR count). The third-order valence-electron chi connectivity index (χ3n) is 4.22. The van der Waals surface area contributed by atoms with Gasteiger partial charge in [0.1, 0.15) is 5.82 Å². The molecule has 1 aliphatic rings. The first-order valence-corrected chi connectivity index (χ1v) is 8.44. The Hall–Kier alpha value is -2.44. The molecular formula is C18H24FN3O3. The fourth-order valence-electron chi connectivity index (χ4n) is 2.70. The Morgan fingerprint density at radius 2 is 2.00 bits per heavy atom. The van der Waals surface area contributed by atoms with Crippen molar-refractivity contribution in [2.24, 2.45) is 5.92 Å². The molecule has 0 unspecified atom stereocenters. The van der Waals surface area contributed by atoms with Crippen LogP contribution in [0.2, 0.25) is 0 Å². The number of carbonyl (C=O) groups is 3. The van der Waals surface area contributed by atoms with E-state index >= 15 is 0 Å². The van der Waals surface area contributed by atoms with Gasteiger partial charge in [-0.15, -0.1) is 0 Å². The highest BCUT2D eigenvalue weighted by Crippen LogP contribution is 2.17. The van der Waals surface area contributed by atoms with Crippen LogP contribution in [0.3, 0.4) is 0 Å². The number of nitrogens with one attached hydrogen (secondary N) is 2. The molecule has 1 aromatic rings. The average Bonchev–Trinajstić information content (AvgIpc) is 2.57. The van der Waals surface area contributed by atoms with Crippen molar-refractivity contribution in [2.75, 3.05) is 18.4 Å². The van der Waals surface area contributed by atoms with Crippen molar-refractivity contribution in [3.8, 4) is 0 Å². The van der Waals surface area contributed by atoms with Crippen molar-refractivity contribution < 1.29 is 18.8 Å². The molecule has 1 atom stereocenters. The van der Waals surface area contributed by atoms with Crippen LogP contribution >= 0.6 is 0 Å². The molecule has 0 saturated carbocycles. The molecule has 1 heterocycles. The van der Waals surface area contributed by atoms with Gasteiger partial charge in [0.25, 0.3) is 0 Å². The summed E-state index contributed by atoms with van der Waals surface area (Å²) in [6.07, 6.45) is 1.48. The van der Waals surface area contributed by atoms with E-state index in [-0.39, 0.29) is 23.6 Å². The molecule has 6 nitrogen and oxygen atoms in total. The Kier molecular flexibility index (Phi) is 6.12. The van der Waals surface area contributed by atoms with Crippen LogP contribution in [0.4, 0.5) is 10.1 Å². The molecule has 0 bridgehead atoms. The summed E-state index contributed by atoms with van der Waals surface area (Å²) in [5.74, 6) is -2.16. The second-order valence-corrected chi connectivity index (χ2v) is 6.67. The number of anilines is 1. The number of piperidine rings is 1. The van der Waals surface area contributed by atoms with Crippen LogP contribution in [-0.2, 0) is 14.4 Å². The van der Waals surface area contributed by atoms with Gasteiger partial charge in [-0.2, -0.15) is 0 Å². The van der Waals surface area contributed by atoms with Gasteiger partial charge in [0, 0.05) is 30.7 Å². The molecule has 7 heteroatoms. The highest BCUT2D eigenvalue weighted by molar-refractivity contribution is 6.39. The zero-order chi connectivity index (χ0) is 18.6. The molecule has 2 N–H and O–H groups in total. The minimum Gasteiger partial charge on any atom is -0.351 e. The van der Waals surface area contributed by atoms with E-state index in [1.54, 1.807) is 20.8 Å². The predicted octanol–water partition coefficient (Wildman–Crippen LogP) is 1.84. The molecule has 0 aliphatic carbocycles. The molecule has 136 valence electrons. The lowest BCUT2D eigenvalue weighted by Crippen LogP contribution is -2.52. The Morgan fingerprint density at radius 3 is 2.68 bits per heavy atom. The number of amides is 3. The first-order chi connectivity index (χ1) is 11.8. The van der Waals surface area contributed by atoms with Crippen molar-refractivity contribution in [3.63, 3.8) is 0 Å². The number of aryl methyl sites for hydroxylation is 1.